The SMILES string of the molecule is CC(=O)CCCCCCC(=O)Nc1cccc(I)c1. The molecule has 0 aliphatic heterocycles. The summed E-state index contributed by atoms with van der Waals surface area (Å²) in [6.07, 6.45) is 5.06. The number of nitrogens with one attached hydrogen (secondary N) is 1. The molecular weight excluding hydrogens is 353 g/mol. The molecule has 0 spiro atoms. The Hall–Kier alpha value is -0.910. The van der Waals surface area contributed by atoms with Gasteiger partial charge in [-0.05, 0) is 60.6 Å². The molecule has 4 heteroatoms. The summed E-state index contributed by atoms with van der Waals surface area (Å²) in [6, 6.07) is 7.77. The number of carbonyl (C=O) groups excluding carboxylic acids is 2. The van der Waals surface area contributed by atoms with Crippen LogP contribution in [0.2, 0.25) is 0 Å². The number of amides is 1. The predicted octanol–water partition coefficient (Wildman–Crippen LogP) is 4.16. The number of hydrogen-bond donors (Lipinski definition) is 1. The van der Waals surface area contributed by atoms with Crippen LogP contribution in [0.5, 0.6) is 0 Å². The van der Waals surface area contributed by atoms with Gasteiger partial charge in [-0.1, -0.05) is 18.9 Å². The molecular formula is C15H20INO2. The lowest BCUT2D eigenvalue weighted by Gasteiger charge is -2.05. The van der Waals surface area contributed by atoms with Crippen LogP contribution in [-0.2, 0) is 9.59 Å². The zero-order valence-electron chi connectivity index (χ0n) is 11.2. The summed E-state index contributed by atoms with van der Waals surface area (Å²) >= 11 is 2.22. The van der Waals surface area contributed by atoms with Crippen molar-refractivity contribution in [3.8, 4) is 0 Å². The Bertz CT molecular complexity index is 432. The number of hydrogen-bond acceptors (Lipinski definition) is 2. The third kappa shape index (κ3) is 7.97. The molecule has 0 fully saturated rings. The number of unbranched alkanes of at least 4 members (excludes halogenated alkanes) is 3. The van der Waals surface area contributed by atoms with Crippen LogP contribution in [0.25, 0.3) is 0 Å². The fraction of sp³-hybridized carbons (Fsp3) is 0.467. The molecule has 1 amide bonds. The van der Waals surface area contributed by atoms with Crippen LogP contribution in [0.3, 0.4) is 0 Å². The van der Waals surface area contributed by atoms with Crippen molar-refractivity contribution >= 4 is 40.0 Å². The van der Waals surface area contributed by atoms with E-state index in [9.17, 15) is 9.59 Å². The van der Waals surface area contributed by atoms with E-state index in [0.29, 0.717) is 12.8 Å². The maximum atomic E-state index is 11.7. The Morgan fingerprint density at radius 1 is 1.11 bits per heavy atom. The van der Waals surface area contributed by atoms with Gasteiger partial charge in [-0.15, -0.1) is 0 Å². The van der Waals surface area contributed by atoms with Crippen molar-refractivity contribution in [2.24, 2.45) is 0 Å². The van der Waals surface area contributed by atoms with Crippen LogP contribution in [0.15, 0.2) is 24.3 Å². The largest absolute Gasteiger partial charge is 0.326 e. The molecule has 0 heterocycles. The molecule has 3 nitrogen and oxygen atoms in total. The lowest BCUT2D eigenvalue weighted by Crippen LogP contribution is -2.11. The highest BCUT2D eigenvalue weighted by Gasteiger charge is 2.02. The van der Waals surface area contributed by atoms with E-state index in [0.717, 1.165) is 34.9 Å². The summed E-state index contributed by atoms with van der Waals surface area (Å²) in [4.78, 5) is 22.4. The molecule has 104 valence electrons. The third-order valence-corrected chi connectivity index (χ3v) is 3.46. The second-order valence-electron chi connectivity index (χ2n) is 4.67. The van der Waals surface area contributed by atoms with Gasteiger partial charge in [0.25, 0.3) is 0 Å². The summed E-state index contributed by atoms with van der Waals surface area (Å²) in [6.45, 7) is 1.62. The number of carbonyl (C=O) groups is 2. The zero-order valence-corrected chi connectivity index (χ0v) is 13.4. The van der Waals surface area contributed by atoms with Gasteiger partial charge in [0.1, 0.15) is 5.78 Å². The lowest BCUT2D eigenvalue weighted by atomic mass is 10.1. The first-order valence-electron chi connectivity index (χ1n) is 6.63. The molecule has 0 saturated heterocycles. The topological polar surface area (TPSA) is 46.2 Å². The molecule has 0 atom stereocenters. The van der Waals surface area contributed by atoms with E-state index in [1.807, 2.05) is 24.3 Å². The fourth-order valence-electron chi connectivity index (χ4n) is 1.80. The summed E-state index contributed by atoms with van der Waals surface area (Å²) < 4.78 is 1.11. The fourth-order valence-corrected chi connectivity index (χ4v) is 2.35. The van der Waals surface area contributed by atoms with Crippen molar-refractivity contribution in [3.05, 3.63) is 27.8 Å². The van der Waals surface area contributed by atoms with Gasteiger partial charge in [0.15, 0.2) is 0 Å². The second-order valence-corrected chi connectivity index (χ2v) is 5.92. The second kappa shape index (κ2) is 9.07. The highest BCUT2D eigenvalue weighted by molar-refractivity contribution is 14.1. The van der Waals surface area contributed by atoms with E-state index in [1.165, 1.54) is 0 Å². The number of ketones is 1. The molecule has 0 bridgehead atoms. The molecule has 1 N–H and O–H groups in total. The van der Waals surface area contributed by atoms with Crippen molar-refractivity contribution in [1.82, 2.24) is 0 Å². The van der Waals surface area contributed by atoms with Crippen LogP contribution in [0.1, 0.15) is 45.4 Å². The Balaban J connectivity index is 2.13. The van der Waals surface area contributed by atoms with Gasteiger partial charge in [-0.2, -0.15) is 0 Å². The maximum Gasteiger partial charge on any atom is 0.224 e. The minimum Gasteiger partial charge on any atom is -0.326 e. The minimum absolute atomic E-state index is 0.0635. The molecule has 1 aromatic rings. The van der Waals surface area contributed by atoms with Crippen molar-refractivity contribution in [2.75, 3.05) is 5.32 Å². The highest BCUT2D eigenvalue weighted by Crippen LogP contribution is 2.13. The third-order valence-electron chi connectivity index (χ3n) is 2.79. The first-order valence-corrected chi connectivity index (χ1v) is 7.70. The Kier molecular flexibility index (Phi) is 7.70. The van der Waals surface area contributed by atoms with Gasteiger partial charge >= 0.3 is 0 Å². The van der Waals surface area contributed by atoms with Crippen LogP contribution in [0, 0.1) is 3.57 Å². The van der Waals surface area contributed by atoms with E-state index in [2.05, 4.69) is 27.9 Å². The van der Waals surface area contributed by atoms with Crippen molar-refractivity contribution < 1.29 is 9.59 Å². The average Bonchev–Trinajstić information content (AvgIpc) is 2.33. The molecule has 0 aliphatic carbocycles. The van der Waals surface area contributed by atoms with E-state index in [1.54, 1.807) is 6.92 Å². The first-order chi connectivity index (χ1) is 9.08. The summed E-state index contributed by atoms with van der Waals surface area (Å²) in [5.41, 5.74) is 0.855. The molecule has 19 heavy (non-hydrogen) atoms. The lowest BCUT2D eigenvalue weighted by molar-refractivity contribution is -0.117. The van der Waals surface area contributed by atoms with E-state index >= 15 is 0 Å². The summed E-state index contributed by atoms with van der Waals surface area (Å²) in [5, 5.41) is 2.89. The molecule has 1 aromatic carbocycles. The number of halogens is 1. The van der Waals surface area contributed by atoms with E-state index in [-0.39, 0.29) is 11.7 Å². The van der Waals surface area contributed by atoms with Gasteiger partial charge in [-0.3, -0.25) is 4.79 Å². The van der Waals surface area contributed by atoms with Crippen molar-refractivity contribution in [2.45, 2.75) is 45.4 Å². The van der Waals surface area contributed by atoms with Crippen LogP contribution in [-0.4, -0.2) is 11.7 Å². The molecule has 0 unspecified atom stereocenters. The zero-order chi connectivity index (χ0) is 14.1. The van der Waals surface area contributed by atoms with E-state index < -0.39 is 0 Å². The molecule has 0 aliphatic rings. The number of benzene rings is 1. The number of Topliss-reactive ketones (excluding diaryl/α,β-unsaturated/α-hetero) is 1. The van der Waals surface area contributed by atoms with E-state index in [4.69, 9.17) is 0 Å². The Morgan fingerprint density at radius 3 is 2.42 bits per heavy atom. The Morgan fingerprint density at radius 2 is 1.79 bits per heavy atom. The molecule has 1 rings (SSSR count). The van der Waals surface area contributed by atoms with Crippen molar-refractivity contribution in [3.63, 3.8) is 0 Å². The van der Waals surface area contributed by atoms with Gasteiger partial charge in [0.05, 0.1) is 0 Å². The first kappa shape index (κ1) is 16.1. The highest BCUT2D eigenvalue weighted by atomic mass is 127. The summed E-state index contributed by atoms with van der Waals surface area (Å²) in [5.74, 6) is 0.310. The normalized spacial score (nSPS) is 10.2. The summed E-state index contributed by atoms with van der Waals surface area (Å²) in [7, 11) is 0. The van der Waals surface area contributed by atoms with Crippen LogP contribution >= 0.6 is 22.6 Å². The molecule has 0 aromatic heterocycles. The number of anilines is 1. The number of rotatable bonds is 8. The Labute approximate surface area is 128 Å². The maximum absolute atomic E-state index is 11.7. The molecule has 0 saturated carbocycles. The quantitative estimate of drug-likeness (QED) is 0.550. The predicted molar refractivity (Wildman–Crippen MR) is 86.2 cm³/mol. The monoisotopic (exact) mass is 373 g/mol. The van der Waals surface area contributed by atoms with Gasteiger partial charge in [-0.25, -0.2) is 0 Å². The minimum atomic E-state index is 0.0635. The standard InChI is InChI=1S/C15H20INO2/c1-12(18)7-4-2-3-5-10-15(19)17-14-9-6-8-13(16)11-14/h6,8-9,11H,2-5,7,10H2,1H3,(H,17,19). The van der Waals surface area contributed by atoms with Crippen molar-refractivity contribution in [1.29, 1.82) is 0 Å². The smallest absolute Gasteiger partial charge is 0.224 e. The molecule has 0 radical (unpaired) electrons. The average molecular weight is 373 g/mol. The van der Waals surface area contributed by atoms with Crippen LogP contribution in [0.4, 0.5) is 5.69 Å². The van der Waals surface area contributed by atoms with Gasteiger partial charge in [0, 0.05) is 22.1 Å². The van der Waals surface area contributed by atoms with Gasteiger partial charge < -0.3 is 10.1 Å². The van der Waals surface area contributed by atoms with Gasteiger partial charge in [0.2, 0.25) is 5.91 Å². The van der Waals surface area contributed by atoms with Crippen LogP contribution < -0.4 is 5.32 Å².